The smallest absolute Gasteiger partial charge is 0.274 e. The molecule has 1 fully saturated rings. The van der Waals surface area contributed by atoms with E-state index in [4.69, 9.17) is 5.26 Å². The van der Waals surface area contributed by atoms with Crippen molar-refractivity contribution in [2.45, 2.75) is 18.9 Å². The number of carbonyl (C=O) groups is 1. The average molecular weight is 234 g/mol. The first-order valence-electron chi connectivity index (χ1n) is 5.59. The zero-order chi connectivity index (χ0) is 12.1. The Kier molecular flexibility index (Phi) is 3.67. The van der Waals surface area contributed by atoms with E-state index in [-0.39, 0.29) is 18.1 Å². The highest BCUT2D eigenvalue weighted by Gasteiger charge is 2.18. The van der Waals surface area contributed by atoms with Crippen molar-refractivity contribution in [3.63, 3.8) is 0 Å². The quantitative estimate of drug-likeness (QED) is 0.684. The number of amides is 1. The molecule has 1 aromatic heterocycles. The Morgan fingerprint density at radius 2 is 2.41 bits per heavy atom. The van der Waals surface area contributed by atoms with Crippen LogP contribution in [0.5, 0.6) is 0 Å². The SMILES string of the molecule is N#CCNC(=O)c1cn(C2CCNCC2)nn1. The Morgan fingerprint density at radius 1 is 1.65 bits per heavy atom. The molecule has 7 heteroatoms. The predicted octanol–water partition coefficient (Wildman–Crippen LogP) is -0.544. The van der Waals surface area contributed by atoms with E-state index in [1.165, 1.54) is 0 Å². The van der Waals surface area contributed by atoms with Crippen molar-refractivity contribution >= 4 is 5.91 Å². The molecule has 2 N–H and O–H groups in total. The number of hydrogen-bond acceptors (Lipinski definition) is 5. The van der Waals surface area contributed by atoms with Gasteiger partial charge in [-0.1, -0.05) is 5.21 Å². The number of nitriles is 1. The van der Waals surface area contributed by atoms with Gasteiger partial charge in [-0.25, -0.2) is 4.68 Å². The van der Waals surface area contributed by atoms with Gasteiger partial charge in [0.15, 0.2) is 5.69 Å². The van der Waals surface area contributed by atoms with E-state index in [9.17, 15) is 4.79 Å². The van der Waals surface area contributed by atoms with Crippen molar-refractivity contribution < 1.29 is 4.79 Å². The zero-order valence-corrected chi connectivity index (χ0v) is 9.39. The van der Waals surface area contributed by atoms with Crippen molar-refractivity contribution in [1.82, 2.24) is 25.6 Å². The van der Waals surface area contributed by atoms with Gasteiger partial charge in [0.1, 0.15) is 6.54 Å². The highest BCUT2D eigenvalue weighted by Crippen LogP contribution is 2.16. The van der Waals surface area contributed by atoms with Gasteiger partial charge in [-0.2, -0.15) is 5.26 Å². The largest absolute Gasteiger partial charge is 0.337 e. The fourth-order valence-corrected chi connectivity index (χ4v) is 1.84. The van der Waals surface area contributed by atoms with Crippen LogP contribution in [0.1, 0.15) is 29.4 Å². The fraction of sp³-hybridized carbons (Fsp3) is 0.600. The Morgan fingerprint density at radius 3 is 3.12 bits per heavy atom. The molecule has 2 heterocycles. The molecular formula is C10H14N6O. The van der Waals surface area contributed by atoms with Gasteiger partial charge in [-0.15, -0.1) is 5.10 Å². The maximum absolute atomic E-state index is 11.5. The van der Waals surface area contributed by atoms with Crippen molar-refractivity contribution in [2.75, 3.05) is 19.6 Å². The molecular weight excluding hydrogens is 220 g/mol. The summed E-state index contributed by atoms with van der Waals surface area (Å²) in [6, 6.07) is 2.15. The summed E-state index contributed by atoms with van der Waals surface area (Å²) in [5.41, 5.74) is 0.263. The van der Waals surface area contributed by atoms with Crippen LogP contribution in [0.4, 0.5) is 0 Å². The third-order valence-corrected chi connectivity index (χ3v) is 2.75. The van der Waals surface area contributed by atoms with Crippen LogP contribution in [-0.2, 0) is 0 Å². The molecule has 0 aromatic carbocycles. The molecule has 1 saturated heterocycles. The second-order valence-electron chi connectivity index (χ2n) is 3.91. The van der Waals surface area contributed by atoms with Crippen LogP contribution in [0.2, 0.25) is 0 Å². The minimum Gasteiger partial charge on any atom is -0.337 e. The molecule has 0 aliphatic carbocycles. The summed E-state index contributed by atoms with van der Waals surface area (Å²) < 4.78 is 1.74. The summed E-state index contributed by atoms with van der Waals surface area (Å²) in [6.45, 7) is 1.90. The molecule has 0 spiro atoms. The Hall–Kier alpha value is -1.94. The lowest BCUT2D eigenvalue weighted by Crippen LogP contribution is -2.29. The maximum atomic E-state index is 11.5. The monoisotopic (exact) mass is 234 g/mol. The minimum atomic E-state index is -0.355. The number of nitrogens with zero attached hydrogens (tertiary/aromatic N) is 4. The van der Waals surface area contributed by atoms with Gasteiger partial charge in [0.05, 0.1) is 18.3 Å². The van der Waals surface area contributed by atoms with Crippen molar-refractivity contribution in [3.8, 4) is 6.07 Å². The van der Waals surface area contributed by atoms with Crippen LogP contribution in [-0.4, -0.2) is 40.5 Å². The van der Waals surface area contributed by atoms with E-state index in [1.54, 1.807) is 10.9 Å². The van der Waals surface area contributed by atoms with E-state index >= 15 is 0 Å². The third-order valence-electron chi connectivity index (χ3n) is 2.75. The average Bonchev–Trinajstić information content (AvgIpc) is 2.86. The molecule has 7 nitrogen and oxygen atoms in total. The molecule has 0 bridgehead atoms. The summed E-state index contributed by atoms with van der Waals surface area (Å²) in [7, 11) is 0. The summed E-state index contributed by atoms with van der Waals surface area (Å²) in [6.07, 6.45) is 3.62. The molecule has 0 unspecified atom stereocenters. The van der Waals surface area contributed by atoms with E-state index < -0.39 is 0 Å². The molecule has 0 atom stereocenters. The molecule has 1 amide bonds. The number of carbonyl (C=O) groups excluding carboxylic acids is 1. The van der Waals surface area contributed by atoms with Crippen LogP contribution in [0, 0.1) is 11.3 Å². The second kappa shape index (κ2) is 5.41. The fourth-order valence-electron chi connectivity index (χ4n) is 1.84. The van der Waals surface area contributed by atoms with Gasteiger partial charge < -0.3 is 10.6 Å². The van der Waals surface area contributed by atoms with Crippen molar-refractivity contribution in [3.05, 3.63) is 11.9 Å². The number of aromatic nitrogens is 3. The lowest BCUT2D eigenvalue weighted by Gasteiger charge is -2.21. The lowest BCUT2D eigenvalue weighted by molar-refractivity contribution is 0.0953. The van der Waals surface area contributed by atoms with Gasteiger partial charge in [-0.05, 0) is 25.9 Å². The van der Waals surface area contributed by atoms with E-state index in [0.717, 1.165) is 25.9 Å². The van der Waals surface area contributed by atoms with E-state index in [2.05, 4.69) is 20.9 Å². The molecule has 0 radical (unpaired) electrons. The molecule has 1 aromatic rings. The highest BCUT2D eigenvalue weighted by atomic mass is 16.2. The molecule has 90 valence electrons. The first-order valence-corrected chi connectivity index (χ1v) is 5.59. The van der Waals surface area contributed by atoms with E-state index in [0.29, 0.717) is 6.04 Å². The first-order chi connectivity index (χ1) is 8.31. The standard InChI is InChI=1S/C10H14N6O/c11-3-6-13-10(17)9-7-16(15-14-9)8-1-4-12-5-2-8/h7-8,12H,1-2,4-6H2,(H,13,17). The van der Waals surface area contributed by atoms with Crippen molar-refractivity contribution in [2.24, 2.45) is 0 Å². The van der Waals surface area contributed by atoms with Gasteiger partial charge in [0.2, 0.25) is 0 Å². The van der Waals surface area contributed by atoms with Crippen LogP contribution < -0.4 is 10.6 Å². The van der Waals surface area contributed by atoms with Crippen molar-refractivity contribution in [1.29, 1.82) is 5.26 Å². The Bertz CT molecular complexity index is 428. The number of nitrogens with one attached hydrogen (secondary N) is 2. The normalized spacial score (nSPS) is 16.4. The van der Waals surface area contributed by atoms with Gasteiger partial charge >= 0.3 is 0 Å². The van der Waals surface area contributed by atoms with Crippen LogP contribution >= 0.6 is 0 Å². The highest BCUT2D eigenvalue weighted by molar-refractivity contribution is 5.91. The molecule has 0 saturated carbocycles. The third kappa shape index (κ3) is 2.79. The predicted molar refractivity (Wildman–Crippen MR) is 59.1 cm³/mol. The van der Waals surface area contributed by atoms with Crippen LogP contribution in [0.15, 0.2) is 6.20 Å². The van der Waals surface area contributed by atoms with E-state index in [1.807, 2.05) is 6.07 Å². The number of hydrogen-bond donors (Lipinski definition) is 2. The number of piperidine rings is 1. The maximum Gasteiger partial charge on any atom is 0.274 e. The summed E-state index contributed by atoms with van der Waals surface area (Å²) >= 11 is 0. The molecule has 1 aliphatic rings. The van der Waals surface area contributed by atoms with Gasteiger partial charge in [0.25, 0.3) is 5.91 Å². The minimum absolute atomic E-state index is 0.0148. The molecule has 2 rings (SSSR count). The topological polar surface area (TPSA) is 95.6 Å². The summed E-state index contributed by atoms with van der Waals surface area (Å²) in [5, 5.41) is 21.8. The van der Waals surface area contributed by atoms with Crippen LogP contribution in [0.25, 0.3) is 0 Å². The van der Waals surface area contributed by atoms with Crippen LogP contribution in [0.3, 0.4) is 0 Å². The number of rotatable bonds is 3. The zero-order valence-electron chi connectivity index (χ0n) is 9.39. The Labute approximate surface area is 98.8 Å². The summed E-state index contributed by atoms with van der Waals surface area (Å²) in [4.78, 5) is 11.5. The van der Waals surface area contributed by atoms with Gasteiger partial charge in [-0.3, -0.25) is 4.79 Å². The first kappa shape index (κ1) is 11.5. The lowest BCUT2D eigenvalue weighted by atomic mass is 10.1. The van der Waals surface area contributed by atoms with Gasteiger partial charge in [0, 0.05) is 0 Å². The second-order valence-corrected chi connectivity index (χ2v) is 3.91. The molecule has 17 heavy (non-hydrogen) atoms. The summed E-state index contributed by atoms with van der Waals surface area (Å²) in [5.74, 6) is -0.355. The Balaban J connectivity index is 2.00. The molecule has 1 aliphatic heterocycles.